The van der Waals surface area contributed by atoms with Gasteiger partial charge in [0.15, 0.2) is 11.6 Å². The largest absolute Gasteiger partial charge is 0.381 e. The second kappa shape index (κ2) is 10.1. The maximum Gasteiger partial charge on any atom is 0.243 e. The highest BCUT2D eigenvalue weighted by Gasteiger charge is 2.37. The Labute approximate surface area is 197 Å². The normalized spacial score (nSPS) is 19.6. The average molecular weight is 497 g/mol. The van der Waals surface area contributed by atoms with E-state index in [1.807, 2.05) is 0 Å². The lowest BCUT2D eigenvalue weighted by Crippen LogP contribution is -2.48. The first kappa shape index (κ1) is 24.7. The van der Waals surface area contributed by atoms with Crippen molar-refractivity contribution in [1.29, 1.82) is 0 Å². The minimum absolute atomic E-state index is 0.108. The number of carbonyl (C=O) groups is 1. The van der Waals surface area contributed by atoms with Crippen LogP contribution in [-0.4, -0.2) is 51.5 Å². The van der Waals surface area contributed by atoms with Crippen LogP contribution >= 0.6 is 0 Å². The van der Waals surface area contributed by atoms with Crippen molar-refractivity contribution in [3.63, 3.8) is 0 Å². The van der Waals surface area contributed by atoms with Crippen molar-refractivity contribution in [2.24, 2.45) is 5.92 Å². The molecule has 0 aromatic heterocycles. The first-order valence-corrected chi connectivity index (χ1v) is 12.7. The van der Waals surface area contributed by atoms with Crippen LogP contribution in [0.3, 0.4) is 0 Å². The van der Waals surface area contributed by atoms with Gasteiger partial charge in [-0.3, -0.25) is 4.79 Å². The number of ether oxygens (including phenoxy) is 1. The molecule has 0 aliphatic carbocycles. The van der Waals surface area contributed by atoms with Gasteiger partial charge in [0.2, 0.25) is 15.9 Å². The van der Waals surface area contributed by atoms with Gasteiger partial charge in [0.1, 0.15) is 5.82 Å². The van der Waals surface area contributed by atoms with Crippen LogP contribution in [0, 0.1) is 23.4 Å². The summed E-state index contributed by atoms with van der Waals surface area (Å²) in [6.07, 6.45) is 2.04. The van der Waals surface area contributed by atoms with E-state index in [9.17, 15) is 26.4 Å². The molecule has 0 bridgehead atoms. The lowest BCUT2D eigenvalue weighted by atomic mass is 9.74. The number of rotatable bonds is 6. The number of piperidine rings is 1. The molecule has 4 rings (SSSR count). The number of sulfonamides is 1. The van der Waals surface area contributed by atoms with Crippen molar-refractivity contribution >= 4 is 15.9 Å². The van der Waals surface area contributed by atoms with Gasteiger partial charge in [-0.1, -0.05) is 12.1 Å². The highest BCUT2D eigenvalue weighted by molar-refractivity contribution is 7.89. The summed E-state index contributed by atoms with van der Waals surface area (Å²) >= 11 is 0. The lowest BCUT2D eigenvalue weighted by molar-refractivity contribution is -0.126. The van der Waals surface area contributed by atoms with Gasteiger partial charge in [-0.25, -0.2) is 21.6 Å². The fourth-order valence-corrected chi connectivity index (χ4v) is 6.16. The number of nitrogens with zero attached hydrogens (tertiary/aromatic N) is 1. The summed E-state index contributed by atoms with van der Waals surface area (Å²) in [6, 6.07) is 8.81. The van der Waals surface area contributed by atoms with Gasteiger partial charge in [-0.15, -0.1) is 0 Å². The van der Waals surface area contributed by atoms with Crippen molar-refractivity contribution in [3.05, 3.63) is 65.5 Å². The summed E-state index contributed by atoms with van der Waals surface area (Å²) in [5, 5.41) is 3.03. The zero-order chi connectivity index (χ0) is 24.3. The van der Waals surface area contributed by atoms with E-state index in [1.165, 1.54) is 16.4 Å². The molecule has 0 unspecified atom stereocenters. The number of amides is 1. The van der Waals surface area contributed by atoms with E-state index in [4.69, 9.17) is 4.74 Å². The number of carbonyl (C=O) groups excluding carboxylic acids is 1. The molecule has 1 N–H and O–H groups in total. The molecule has 0 spiro atoms. The van der Waals surface area contributed by atoms with Gasteiger partial charge in [-0.2, -0.15) is 4.31 Å². The maximum atomic E-state index is 13.5. The van der Waals surface area contributed by atoms with Crippen molar-refractivity contribution in [3.8, 4) is 0 Å². The summed E-state index contributed by atoms with van der Waals surface area (Å²) < 4.78 is 72.4. The third-order valence-electron chi connectivity index (χ3n) is 6.86. The average Bonchev–Trinajstić information content (AvgIpc) is 2.85. The van der Waals surface area contributed by atoms with Crippen LogP contribution in [-0.2, 0) is 25.0 Å². The van der Waals surface area contributed by atoms with Crippen molar-refractivity contribution in [1.82, 2.24) is 9.62 Å². The molecule has 0 atom stereocenters. The summed E-state index contributed by atoms with van der Waals surface area (Å²) in [4.78, 5) is 12.6. The molecule has 6 nitrogen and oxygen atoms in total. The molecule has 1 amide bonds. The Hall–Kier alpha value is -2.43. The van der Waals surface area contributed by atoms with Gasteiger partial charge >= 0.3 is 0 Å². The molecule has 2 aliphatic heterocycles. The smallest absolute Gasteiger partial charge is 0.243 e. The highest BCUT2D eigenvalue weighted by atomic mass is 32.2. The van der Waals surface area contributed by atoms with Gasteiger partial charge in [-0.05, 0) is 61.6 Å². The molecule has 2 aromatic carbocycles. The highest BCUT2D eigenvalue weighted by Crippen LogP contribution is 2.35. The molecule has 0 radical (unpaired) electrons. The Kier molecular flexibility index (Phi) is 7.30. The molecule has 2 heterocycles. The van der Waals surface area contributed by atoms with Crippen molar-refractivity contribution < 1.29 is 31.1 Å². The minimum Gasteiger partial charge on any atom is -0.381 e. The van der Waals surface area contributed by atoms with Crippen molar-refractivity contribution in [2.75, 3.05) is 32.8 Å². The molecule has 184 valence electrons. The van der Waals surface area contributed by atoms with Crippen LogP contribution in [0.25, 0.3) is 0 Å². The van der Waals surface area contributed by atoms with Crippen LogP contribution in [0.5, 0.6) is 0 Å². The van der Waals surface area contributed by atoms with E-state index < -0.39 is 21.7 Å². The Balaban J connectivity index is 1.37. The zero-order valence-electron chi connectivity index (χ0n) is 18.6. The summed E-state index contributed by atoms with van der Waals surface area (Å²) in [6.45, 7) is 1.70. The topological polar surface area (TPSA) is 75.7 Å². The predicted molar refractivity (Wildman–Crippen MR) is 119 cm³/mol. The van der Waals surface area contributed by atoms with Crippen molar-refractivity contribution in [2.45, 2.75) is 36.0 Å². The minimum atomic E-state index is -3.98. The number of hydrogen-bond donors (Lipinski definition) is 1. The molecule has 2 aliphatic rings. The van der Waals surface area contributed by atoms with E-state index in [0.717, 1.165) is 17.7 Å². The molecule has 10 heteroatoms. The van der Waals surface area contributed by atoms with E-state index in [2.05, 4.69) is 5.32 Å². The van der Waals surface area contributed by atoms with E-state index in [1.54, 1.807) is 12.1 Å². The monoisotopic (exact) mass is 496 g/mol. The number of hydrogen-bond acceptors (Lipinski definition) is 4. The van der Waals surface area contributed by atoms with E-state index in [0.29, 0.717) is 51.5 Å². The van der Waals surface area contributed by atoms with Gasteiger partial charge in [0.05, 0.1) is 4.90 Å². The fourth-order valence-electron chi connectivity index (χ4n) is 4.68. The molecule has 2 saturated heterocycles. The standard InChI is InChI=1S/C24H27F3N2O4S/c25-19-3-1-18(2-4-19)24(9-13-33-14-10-24)16-28-23(30)17-7-11-29(12-8-17)34(31,32)20-5-6-21(26)22(27)15-20/h1-6,15,17H,7-14,16H2,(H,28,30). The lowest BCUT2D eigenvalue weighted by Gasteiger charge is -2.38. The maximum absolute atomic E-state index is 13.5. The number of nitrogens with one attached hydrogen (secondary N) is 1. The SMILES string of the molecule is O=C(NCC1(c2ccc(F)cc2)CCOCC1)C1CCN(S(=O)(=O)c2ccc(F)c(F)c2)CC1. The third kappa shape index (κ3) is 5.13. The van der Waals surface area contributed by atoms with Gasteiger partial charge < -0.3 is 10.1 Å². The van der Waals surface area contributed by atoms with Crippen LogP contribution in [0.4, 0.5) is 13.2 Å². The Morgan fingerprint density at radius 1 is 1.00 bits per heavy atom. The number of benzene rings is 2. The summed E-state index contributed by atoms with van der Waals surface area (Å²) in [5.41, 5.74) is 0.600. The molecular formula is C24H27F3N2O4S. The second-order valence-corrected chi connectivity index (χ2v) is 10.8. The fraction of sp³-hybridized carbons (Fsp3) is 0.458. The van der Waals surface area contributed by atoms with Gasteiger partial charge in [0, 0.05) is 44.2 Å². The molecule has 2 fully saturated rings. The first-order valence-electron chi connectivity index (χ1n) is 11.3. The third-order valence-corrected chi connectivity index (χ3v) is 8.76. The molecule has 0 saturated carbocycles. The van der Waals surface area contributed by atoms with Crippen LogP contribution < -0.4 is 5.32 Å². The van der Waals surface area contributed by atoms with E-state index >= 15 is 0 Å². The second-order valence-electron chi connectivity index (χ2n) is 8.87. The van der Waals surface area contributed by atoms with Crippen LogP contribution in [0.2, 0.25) is 0 Å². The Morgan fingerprint density at radius 2 is 1.65 bits per heavy atom. The molecular weight excluding hydrogens is 469 g/mol. The zero-order valence-corrected chi connectivity index (χ0v) is 19.4. The van der Waals surface area contributed by atoms with Crippen LogP contribution in [0.1, 0.15) is 31.2 Å². The van der Waals surface area contributed by atoms with Crippen LogP contribution in [0.15, 0.2) is 47.4 Å². The Bertz CT molecular complexity index is 1130. The number of halogens is 3. The summed E-state index contributed by atoms with van der Waals surface area (Å²) in [7, 11) is -3.98. The Morgan fingerprint density at radius 3 is 2.26 bits per heavy atom. The quantitative estimate of drug-likeness (QED) is 0.666. The summed E-state index contributed by atoms with van der Waals surface area (Å²) in [5.74, 6) is -3.17. The predicted octanol–water partition coefficient (Wildman–Crippen LogP) is 3.37. The van der Waals surface area contributed by atoms with E-state index in [-0.39, 0.29) is 41.0 Å². The molecule has 2 aromatic rings. The molecule has 34 heavy (non-hydrogen) atoms. The van der Waals surface area contributed by atoms with Gasteiger partial charge in [0.25, 0.3) is 0 Å². The first-order chi connectivity index (χ1) is 16.2.